The number of benzene rings is 2. The Morgan fingerprint density at radius 1 is 0.821 bits per heavy atom. The van der Waals surface area contributed by atoms with E-state index in [9.17, 15) is 5.11 Å². The minimum atomic E-state index is 0.178. The molecule has 0 aliphatic carbocycles. The third-order valence-corrected chi connectivity index (χ3v) is 5.21. The number of aromatic hydroxyl groups is 1. The average Bonchev–Trinajstić information content (AvgIpc) is 3.19. The largest absolute Gasteiger partial charge is 0.507 e. The van der Waals surface area contributed by atoms with Crippen LogP contribution in [0.1, 0.15) is 19.3 Å². The summed E-state index contributed by atoms with van der Waals surface area (Å²) in [6, 6.07) is 17.2. The fourth-order valence-electron chi connectivity index (χ4n) is 3.77. The van der Waals surface area contributed by atoms with Gasteiger partial charge in [0.25, 0.3) is 0 Å². The van der Waals surface area contributed by atoms with Crippen LogP contribution in [-0.2, 0) is 0 Å². The number of para-hydroxylation sites is 2. The van der Waals surface area contributed by atoms with Crippen LogP contribution in [0, 0.1) is 0 Å². The summed E-state index contributed by atoms with van der Waals surface area (Å²) < 4.78 is 1.98. The molecule has 4 aromatic rings. The molecule has 1 aliphatic rings. The molecule has 5 rings (SSSR count). The minimum absolute atomic E-state index is 0.178. The van der Waals surface area contributed by atoms with Crippen LogP contribution in [0.5, 0.6) is 5.75 Å². The molecule has 0 spiro atoms. The summed E-state index contributed by atoms with van der Waals surface area (Å²) in [7, 11) is 0. The number of phenols is 1. The lowest BCUT2D eigenvalue weighted by Gasteiger charge is -2.28. The zero-order chi connectivity index (χ0) is 18.9. The Hall–Kier alpha value is -3.41. The first-order chi connectivity index (χ1) is 13.8. The number of imidazole rings is 1. The molecule has 0 amide bonds. The lowest BCUT2D eigenvalue weighted by Crippen LogP contribution is -2.30. The molecule has 0 radical (unpaired) electrons. The lowest BCUT2D eigenvalue weighted by molar-refractivity contribution is 0.477. The molecular formula is C22H21N5O. The zero-order valence-electron chi connectivity index (χ0n) is 15.5. The van der Waals surface area contributed by atoms with Gasteiger partial charge in [-0.3, -0.25) is 4.57 Å². The summed E-state index contributed by atoms with van der Waals surface area (Å²) in [5.41, 5.74) is 3.17. The van der Waals surface area contributed by atoms with Crippen molar-refractivity contribution in [3.8, 4) is 22.8 Å². The molecule has 0 unspecified atom stereocenters. The SMILES string of the molecule is Oc1ccccc1-c1nc(N2CCCCC2)c2ncn(-c3ccccc3)c2n1. The molecule has 1 N–H and O–H groups in total. The molecule has 0 saturated carbocycles. The highest BCUT2D eigenvalue weighted by Crippen LogP contribution is 2.32. The van der Waals surface area contributed by atoms with E-state index >= 15 is 0 Å². The van der Waals surface area contributed by atoms with Gasteiger partial charge in [0.1, 0.15) is 12.1 Å². The first-order valence-electron chi connectivity index (χ1n) is 9.65. The van der Waals surface area contributed by atoms with Crippen molar-refractivity contribution in [2.45, 2.75) is 19.3 Å². The summed E-state index contributed by atoms with van der Waals surface area (Å²) >= 11 is 0. The van der Waals surface area contributed by atoms with E-state index in [1.165, 1.54) is 6.42 Å². The van der Waals surface area contributed by atoms with Crippen LogP contribution in [0.25, 0.3) is 28.2 Å². The highest BCUT2D eigenvalue weighted by molar-refractivity contribution is 5.87. The Morgan fingerprint density at radius 2 is 1.57 bits per heavy atom. The lowest BCUT2D eigenvalue weighted by atomic mass is 10.1. The van der Waals surface area contributed by atoms with Crippen LogP contribution in [0.3, 0.4) is 0 Å². The maximum atomic E-state index is 10.4. The van der Waals surface area contributed by atoms with E-state index in [0.717, 1.165) is 48.6 Å². The number of rotatable bonds is 3. The molecule has 2 aromatic heterocycles. The smallest absolute Gasteiger partial charge is 0.170 e. The van der Waals surface area contributed by atoms with Gasteiger partial charge in [0.2, 0.25) is 0 Å². The van der Waals surface area contributed by atoms with Gasteiger partial charge < -0.3 is 10.0 Å². The predicted molar refractivity (Wildman–Crippen MR) is 110 cm³/mol. The second-order valence-electron chi connectivity index (χ2n) is 7.06. The van der Waals surface area contributed by atoms with Gasteiger partial charge in [-0.15, -0.1) is 0 Å². The van der Waals surface area contributed by atoms with Gasteiger partial charge in [-0.25, -0.2) is 15.0 Å². The molecule has 2 aromatic carbocycles. The first-order valence-corrected chi connectivity index (χ1v) is 9.65. The fourth-order valence-corrected chi connectivity index (χ4v) is 3.77. The predicted octanol–water partition coefficient (Wildman–Crippen LogP) is 4.18. The first kappa shape index (κ1) is 16.7. The number of anilines is 1. The van der Waals surface area contributed by atoms with E-state index in [2.05, 4.69) is 9.88 Å². The Bertz CT molecular complexity index is 1120. The van der Waals surface area contributed by atoms with E-state index in [-0.39, 0.29) is 5.75 Å². The van der Waals surface area contributed by atoms with Crippen LogP contribution < -0.4 is 4.90 Å². The van der Waals surface area contributed by atoms with E-state index in [0.29, 0.717) is 11.4 Å². The van der Waals surface area contributed by atoms with Crippen LogP contribution in [-0.4, -0.2) is 37.7 Å². The van der Waals surface area contributed by atoms with Gasteiger partial charge in [0, 0.05) is 18.8 Å². The molecule has 0 atom stereocenters. The van der Waals surface area contributed by atoms with Gasteiger partial charge in [0.05, 0.1) is 5.56 Å². The van der Waals surface area contributed by atoms with Gasteiger partial charge in [-0.1, -0.05) is 30.3 Å². The summed E-state index contributed by atoms with van der Waals surface area (Å²) in [4.78, 5) is 16.6. The van der Waals surface area contributed by atoms with Crippen molar-refractivity contribution in [3.05, 3.63) is 60.9 Å². The number of hydrogen-bond acceptors (Lipinski definition) is 5. The molecule has 1 fully saturated rings. The number of aromatic nitrogens is 4. The summed E-state index contributed by atoms with van der Waals surface area (Å²) in [5.74, 6) is 1.54. The third kappa shape index (κ3) is 2.87. The molecule has 6 heteroatoms. The topological polar surface area (TPSA) is 67.1 Å². The Labute approximate surface area is 163 Å². The van der Waals surface area contributed by atoms with Gasteiger partial charge in [-0.05, 0) is 43.5 Å². The molecule has 0 bridgehead atoms. The number of hydrogen-bond donors (Lipinski definition) is 1. The number of piperidine rings is 1. The Kier molecular flexibility index (Phi) is 4.16. The highest BCUT2D eigenvalue weighted by Gasteiger charge is 2.22. The van der Waals surface area contributed by atoms with Crippen molar-refractivity contribution in [3.63, 3.8) is 0 Å². The zero-order valence-corrected chi connectivity index (χ0v) is 15.5. The average molecular weight is 371 g/mol. The van der Waals surface area contributed by atoms with Crippen LogP contribution in [0.4, 0.5) is 5.82 Å². The molecule has 1 aliphatic heterocycles. The molecule has 140 valence electrons. The van der Waals surface area contributed by atoms with Crippen molar-refractivity contribution in [1.29, 1.82) is 0 Å². The van der Waals surface area contributed by atoms with Crippen molar-refractivity contribution < 1.29 is 5.11 Å². The van der Waals surface area contributed by atoms with E-state index in [4.69, 9.17) is 9.97 Å². The quantitative estimate of drug-likeness (QED) is 0.585. The molecule has 1 saturated heterocycles. The van der Waals surface area contributed by atoms with Gasteiger partial charge in [0.15, 0.2) is 22.8 Å². The number of nitrogens with zero attached hydrogens (tertiary/aromatic N) is 5. The monoisotopic (exact) mass is 371 g/mol. The maximum Gasteiger partial charge on any atom is 0.170 e. The Balaban J connectivity index is 1.75. The molecule has 28 heavy (non-hydrogen) atoms. The van der Waals surface area contributed by atoms with E-state index in [1.807, 2.05) is 47.0 Å². The summed E-state index contributed by atoms with van der Waals surface area (Å²) in [6.07, 6.45) is 5.35. The second kappa shape index (κ2) is 6.96. The number of phenolic OH excluding ortho intramolecular Hbond substituents is 1. The Morgan fingerprint density at radius 3 is 2.36 bits per heavy atom. The van der Waals surface area contributed by atoms with E-state index < -0.39 is 0 Å². The normalized spacial score (nSPS) is 14.5. The molecule has 6 nitrogen and oxygen atoms in total. The summed E-state index contributed by atoms with van der Waals surface area (Å²) in [5, 5.41) is 10.4. The standard InChI is InChI=1S/C22H21N5O/c28-18-12-6-5-11-17(18)20-24-21(26-13-7-2-8-14-26)19-22(25-20)27(15-23-19)16-9-3-1-4-10-16/h1,3-6,9-12,15,28H,2,7-8,13-14H2. The van der Waals surface area contributed by atoms with E-state index in [1.54, 1.807) is 18.5 Å². The van der Waals surface area contributed by atoms with Crippen LogP contribution in [0.2, 0.25) is 0 Å². The molecule has 3 heterocycles. The summed E-state index contributed by atoms with van der Waals surface area (Å²) in [6.45, 7) is 1.93. The van der Waals surface area contributed by atoms with Crippen molar-refractivity contribution in [2.24, 2.45) is 0 Å². The van der Waals surface area contributed by atoms with Gasteiger partial charge in [-0.2, -0.15) is 0 Å². The third-order valence-electron chi connectivity index (χ3n) is 5.21. The number of fused-ring (bicyclic) bond motifs is 1. The fraction of sp³-hybridized carbons (Fsp3) is 0.227. The van der Waals surface area contributed by atoms with Crippen LogP contribution >= 0.6 is 0 Å². The van der Waals surface area contributed by atoms with Crippen molar-refractivity contribution in [2.75, 3.05) is 18.0 Å². The molecular weight excluding hydrogens is 350 g/mol. The minimum Gasteiger partial charge on any atom is -0.507 e. The van der Waals surface area contributed by atoms with Crippen LogP contribution in [0.15, 0.2) is 60.9 Å². The maximum absolute atomic E-state index is 10.4. The highest BCUT2D eigenvalue weighted by atomic mass is 16.3. The van der Waals surface area contributed by atoms with Crippen molar-refractivity contribution in [1.82, 2.24) is 19.5 Å². The van der Waals surface area contributed by atoms with Gasteiger partial charge >= 0.3 is 0 Å². The second-order valence-corrected chi connectivity index (χ2v) is 7.06. The van der Waals surface area contributed by atoms with Crippen molar-refractivity contribution >= 4 is 17.0 Å².